The fraction of sp³-hybridized carbons (Fsp3) is 0.103. The van der Waals surface area contributed by atoms with Crippen LogP contribution in [0, 0.1) is 0 Å². The highest BCUT2D eigenvalue weighted by Gasteiger charge is 2.30. The molecule has 0 saturated heterocycles. The lowest BCUT2D eigenvalue weighted by atomic mass is 9.85. The summed E-state index contributed by atoms with van der Waals surface area (Å²) in [5, 5.41) is 9.83. The smallest absolute Gasteiger partial charge is 0.161 e. The third-order valence-electron chi connectivity index (χ3n) is 24.8. The predicted molar refractivity (Wildman–Crippen MR) is 521 cm³/mol. The summed E-state index contributed by atoms with van der Waals surface area (Å²) in [6, 6.07) is 142. The number of fused-ring (bicyclic) bond motifs is 12. The standard InChI is InChI=1S/C60H50N4.C56H42N4/c1-59(2,3)41-32-34-54-47(36-41)48-37-42(60(4,5)6)33-35-55(48)64(54)56-31-19-27-46(58-61-49(39-20-9-7-10-21-39)38-50(62-58)40-22-11-8-12-23-40)57(56)45-26-15-18-30-53(45)63-51-28-16-13-24-43(51)44-25-14-17-29-52(44)63;1-56(2,3)39-33-34-52-45(35-39)42-25-12-16-30-50(42)60(52)53-32-18-27-44(55-57-46(37-19-6-4-7-20-37)36-47(58-55)38-21-8-5-9-22-38)54(53)43-26-13-17-31-51(43)59-48-28-14-10-23-40(48)41-24-11-15-29-49(41)59/h7-38H,1-6H3;4-36H,1-3H3. The molecule has 0 aliphatic rings. The highest BCUT2D eigenvalue weighted by atomic mass is 15.0. The number of aromatic nitrogens is 8. The Bertz CT molecular complexity index is 7600. The number of nitrogens with zero attached hydrogens (tertiary/aromatic N) is 8. The molecule has 0 atom stereocenters. The van der Waals surface area contributed by atoms with E-state index in [9.17, 15) is 0 Å². The first-order chi connectivity index (χ1) is 60.4. The van der Waals surface area contributed by atoms with E-state index in [0.717, 1.165) is 145 Å². The van der Waals surface area contributed by atoms with Crippen LogP contribution in [0.25, 0.3) is 200 Å². The predicted octanol–water partition coefficient (Wildman–Crippen LogP) is 30.6. The van der Waals surface area contributed by atoms with E-state index in [-0.39, 0.29) is 16.2 Å². The molecule has 596 valence electrons. The third kappa shape index (κ3) is 13.4. The highest BCUT2D eigenvalue weighted by molar-refractivity contribution is 6.15. The molecule has 6 heterocycles. The molecule has 0 radical (unpaired) electrons. The van der Waals surface area contributed by atoms with Crippen molar-refractivity contribution in [2.45, 2.75) is 78.6 Å². The molecule has 22 aromatic rings. The first kappa shape index (κ1) is 76.3. The van der Waals surface area contributed by atoms with Crippen molar-refractivity contribution >= 4 is 87.2 Å². The van der Waals surface area contributed by atoms with Gasteiger partial charge < -0.3 is 18.3 Å². The zero-order valence-corrected chi connectivity index (χ0v) is 71.1. The number of para-hydroxylation sites is 7. The van der Waals surface area contributed by atoms with Gasteiger partial charge in [-0.1, -0.05) is 353 Å². The van der Waals surface area contributed by atoms with Crippen LogP contribution < -0.4 is 0 Å². The largest absolute Gasteiger partial charge is 0.309 e. The van der Waals surface area contributed by atoms with Gasteiger partial charge in [0, 0.05) is 98.7 Å². The Balaban J connectivity index is 0.000000152. The van der Waals surface area contributed by atoms with E-state index in [0.29, 0.717) is 11.6 Å². The molecule has 8 heteroatoms. The normalized spacial score (nSPS) is 12.1. The molecule has 8 nitrogen and oxygen atoms in total. The van der Waals surface area contributed by atoms with Gasteiger partial charge in [-0.05, 0) is 136 Å². The molecule has 6 aromatic heterocycles. The Kier molecular flexibility index (Phi) is 18.8. The zero-order chi connectivity index (χ0) is 84.1. The maximum Gasteiger partial charge on any atom is 0.161 e. The molecule has 0 N–H and O–H groups in total. The molecule has 0 saturated carbocycles. The minimum absolute atomic E-state index is 0.00128. The van der Waals surface area contributed by atoms with E-state index in [2.05, 4.69) is 463 Å². The molecule has 0 aliphatic carbocycles. The SMILES string of the molecule is CC(C)(C)c1ccc2c(c1)c1cc(C(C)(C)C)ccc1n2-c1cccc(-c2nc(-c3ccccc3)cc(-c3ccccc3)n2)c1-c1ccccc1-n1c2ccccc2c2ccccc21.CC(C)(C)c1ccc2c(c1)c1ccccc1n2-c1cccc(-c2nc(-c3ccccc3)cc(-c3ccccc3)n2)c1-c1ccccc1-n1c2ccccc2c2ccccc21. The second-order valence-corrected chi connectivity index (χ2v) is 35.7. The van der Waals surface area contributed by atoms with Crippen molar-refractivity contribution in [3.8, 4) is 113 Å². The first-order valence-corrected chi connectivity index (χ1v) is 43.0. The lowest BCUT2D eigenvalue weighted by Gasteiger charge is -2.22. The average molecular weight is 1600 g/mol. The van der Waals surface area contributed by atoms with Gasteiger partial charge in [-0.3, -0.25) is 0 Å². The Morgan fingerprint density at radius 3 is 0.685 bits per heavy atom. The van der Waals surface area contributed by atoms with Crippen LogP contribution in [0.4, 0.5) is 0 Å². The summed E-state index contributed by atoms with van der Waals surface area (Å²) in [6.45, 7) is 20.7. The molecule has 0 bridgehead atoms. The van der Waals surface area contributed by atoms with E-state index in [1.54, 1.807) is 0 Å². The molecular formula is C116H92N8. The maximum atomic E-state index is 5.48. The van der Waals surface area contributed by atoms with Gasteiger partial charge in [0.2, 0.25) is 0 Å². The Morgan fingerprint density at radius 1 is 0.177 bits per heavy atom. The molecule has 124 heavy (non-hydrogen) atoms. The minimum Gasteiger partial charge on any atom is -0.309 e. The van der Waals surface area contributed by atoms with Crippen molar-refractivity contribution in [1.29, 1.82) is 0 Å². The second-order valence-electron chi connectivity index (χ2n) is 35.7. The lowest BCUT2D eigenvalue weighted by molar-refractivity contribution is 0.590. The Hall–Kier alpha value is -15.1. The number of benzene rings is 16. The summed E-state index contributed by atoms with van der Waals surface area (Å²) in [5.74, 6) is 1.33. The van der Waals surface area contributed by atoms with E-state index in [4.69, 9.17) is 19.9 Å². The van der Waals surface area contributed by atoms with Crippen LogP contribution in [0.1, 0.15) is 79.0 Å². The van der Waals surface area contributed by atoms with Gasteiger partial charge in [0.25, 0.3) is 0 Å². The van der Waals surface area contributed by atoms with Gasteiger partial charge in [0.05, 0.1) is 89.7 Å². The fourth-order valence-corrected chi connectivity index (χ4v) is 18.6. The van der Waals surface area contributed by atoms with Crippen LogP contribution in [0.5, 0.6) is 0 Å². The van der Waals surface area contributed by atoms with Gasteiger partial charge in [-0.15, -0.1) is 0 Å². The first-order valence-electron chi connectivity index (χ1n) is 43.0. The minimum atomic E-state index is -0.0197. The molecule has 22 rings (SSSR count). The molecule has 0 spiro atoms. The van der Waals surface area contributed by atoms with Gasteiger partial charge in [-0.25, -0.2) is 19.9 Å². The Labute approximate surface area is 723 Å². The molecule has 0 unspecified atom stereocenters. The van der Waals surface area contributed by atoms with Crippen LogP contribution in [-0.4, -0.2) is 38.2 Å². The van der Waals surface area contributed by atoms with Crippen LogP contribution in [0.2, 0.25) is 0 Å². The highest BCUT2D eigenvalue weighted by Crippen LogP contribution is 2.50. The molecular weight excluding hydrogens is 1510 g/mol. The number of rotatable bonds is 12. The van der Waals surface area contributed by atoms with Crippen molar-refractivity contribution in [2.75, 3.05) is 0 Å². The summed E-state index contributed by atoms with van der Waals surface area (Å²) >= 11 is 0. The van der Waals surface area contributed by atoms with E-state index in [1.807, 2.05) is 12.1 Å². The topological polar surface area (TPSA) is 71.3 Å². The fourth-order valence-electron chi connectivity index (χ4n) is 18.6. The van der Waals surface area contributed by atoms with Crippen LogP contribution in [-0.2, 0) is 16.2 Å². The number of hydrogen-bond acceptors (Lipinski definition) is 4. The van der Waals surface area contributed by atoms with Crippen LogP contribution in [0.15, 0.2) is 394 Å². The van der Waals surface area contributed by atoms with Gasteiger partial charge in [0.15, 0.2) is 11.6 Å². The Morgan fingerprint density at radius 2 is 0.395 bits per heavy atom. The summed E-state index contributed by atoms with van der Waals surface area (Å²) < 4.78 is 9.81. The van der Waals surface area contributed by atoms with Crippen molar-refractivity contribution in [3.05, 3.63) is 411 Å². The molecule has 16 aromatic carbocycles. The van der Waals surface area contributed by atoms with E-state index >= 15 is 0 Å². The van der Waals surface area contributed by atoms with Crippen LogP contribution >= 0.6 is 0 Å². The monoisotopic (exact) mass is 1600 g/mol. The maximum absolute atomic E-state index is 5.48. The summed E-state index contributed by atoms with van der Waals surface area (Å²) in [7, 11) is 0. The van der Waals surface area contributed by atoms with E-state index < -0.39 is 0 Å². The van der Waals surface area contributed by atoms with Crippen LogP contribution in [0.3, 0.4) is 0 Å². The van der Waals surface area contributed by atoms with Crippen molar-refractivity contribution in [2.24, 2.45) is 0 Å². The van der Waals surface area contributed by atoms with E-state index in [1.165, 1.54) is 59.8 Å². The molecule has 0 amide bonds. The zero-order valence-electron chi connectivity index (χ0n) is 71.1. The average Bonchev–Trinajstić information content (AvgIpc) is 1.52. The summed E-state index contributed by atoms with van der Waals surface area (Å²) in [6.07, 6.45) is 0. The van der Waals surface area contributed by atoms with Crippen molar-refractivity contribution in [1.82, 2.24) is 38.2 Å². The quantitative estimate of drug-likeness (QED) is 0.122. The lowest BCUT2D eigenvalue weighted by Crippen LogP contribution is -2.10. The molecule has 0 fully saturated rings. The van der Waals surface area contributed by atoms with Crippen molar-refractivity contribution in [3.63, 3.8) is 0 Å². The number of hydrogen-bond donors (Lipinski definition) is 0. The molecule has 0 aliphatic heterocycles. The van der Waals surface area contributed by atoms with Gasteiger partial charge in [-0.2, -0.15) is 0 Å². The van der Waals surface area contributed by atoms with Gasteiger partial charge >= 0.3 is 0 Å². The third-order valence-corrected chi connectivity index (χ3v) is 24.8. The second kappa shape index (κ2) is 30.5. The summed E-state index contributed by atoms with van der Waals surface area (Å²) in [4.78, 5) is 21.8. The summed E-state index contributed by atoms with van der Waals surface area (Å²) in [5.41, 5.74) is 31.3. The van der Waals surface area contributed by atoms with Crippen molar-refractivity contribution < 1.29 is 0 Å². The van der Waals surface area contributed by atoms with Gasteiger partial charge in [0.1, 0.15) is 0 Å².